The summed E-state index contributed by atoms with van der Waals surface area (Å²) >= 11 is 0. The van der Waals surface area contributed by atoms with Crippen molar-refractivity contribution >= 4 is 5.97 Å². The third-order valence-corrected chi connectivity index (χ3v) is 3.29. The van der Waals surface area contributed by atoms with Gasteiger partial charge in [0.1, 0.15) is 5.76 Å². The van der Waals surface area contributed by atoms with Crippen LogP contribution in [0.5, 0.6) is 0 Å². The summed E-state index contributed by atoms with van der Waals surface area (Å²) in [5, 5.41) is 0. The van der Waals surface area contributed by atoms with E-state index in [2.05, 4.69) is 6.58 Å². The van der Waals surface area contributed by atoms with Gasteiger partial charge in [-0.2, -0.15) is 0 Å². The van der Waals surface area contributed by atoms with E-state index >= 15 is 0 Å². The zero-order chi connectivity index (χ0) is 12.1. The molecule has 0 heterocycles. The highest BCUT2D eigenvalue weighted by Gasteiger charge is 2.20. The fourth-order valence-corrected chi connectivity index (χ4v) is 2.26. The molecule has 1 aromatic carbocycles. The van der Waals surface area contributed by atoms with Crippen molar-refractivity contribution < 1.29 is 9.53 Å². The average Bonchev–Trinajstić information content (AvgIpc) is 2.40. The Morgan fingerprint density at radius 2 is 1.76 bits per heavy atom. The van der Waals surface area contributed by atoms with Crippen LogP contribution >= 0.6 is 0 Å². The average molecular weight is 230 g/mol. The molecule has 2 nitrogen and oxygen atoms in total. The summed E-state index contributed by atoms with van der Waals surface area (Å²) < 4.78 is 5.34. The number of hydrogen-bond acceptors (Lipinski definition) is 2. The Labute approximate surface area is 102 Å². The third kappa shape index (κ3) is 3.19. The number of ether oxygens (including phenoxy) is 1. The Balaban J connectivity index is 1.92. The maximum absolute atomic E-state index is 11.8. The van der Waals surface area contributed by atoms with Crippen molar-refractivity contribution in [2.45, 2.75) is 32.1 Å². The van der Waals surface area contributed by atoms with E-state index in [0.717, 1.165) is 12.8 Å². The molecule has 0 N–H and O–H groups in total. The summed E-state index contributed by atoms with van der Waals surface area (Å²) in [6, 6.07) is 9.07. The minimum absolute atomic E-state index is 0.291. The minimum Gasteiger partial charge on any atom is -0.428 e. The molecule has 2 heteroatoms. The summed E-state index contributed by atoms with van der Waals surface area (Å²) in [7, 11) is 0. The Kier molecular flexibility index (Phi) is 3.97. The maximum Gasteiger partial charge on any atom is 0.343 e. The molecule has 1 aliphatic carbocycles. The molecule has 0 aromatic heterocycles. The monoisotopic (exact) mass is 230 g/mol. The molecule has 0 atom stereocenters. The largest absolute Gasteiger partial charge is 0.428 e. The lowest BCUT2D eigenvalue weighted by molar-refractivity contribution is 0.0576. The van der Waals surface area contributed by atoms with Crippen molar-refractivity contribution in [3.8, 4) is 0 Å². The Bertz CT molecular complexity index is 389. The second-order valence-electron chi connectivity index (χ2n) is 4.56. The van der Waals surface area contributed by atoms with Crippen LogP contribution in [0.3, 0.4) is 0 Å². The molecule has 0 bridgehead atoms. The summed E-state index contributed by atoms with van der Waals surface area (Å²) in [5.74, 6) is 0.705. The van der Waals surface area contributed by atoms with Crippen molar-refractivity contribution in [1.29, 1.82) is 0 Å². The van der Waals surface area contributed by atoms with E-state index in [-0.39, 0.29) is 5.97 Å². The van der Waals surface area contributed by atoms with Crippen molar-refractivity contribution in [2.24, 2.45) is 5.92 Å². The fraction of sp³-hybridized carbons (Fsp3) is 0.400. The quantitative estimate of drug-likeness (QED) is 0.580. The predicted octanol–water partition coefficient (Wildman–Crippen LogP) is 3.94. The predicted molar refractivity (Wildman–Crippen MR) is 67.6 cm³/mol. The van der Waals surface area contributed by atoms with E-state index < -0.39 is 0 Å². The van der Waals surface area contributed by atoms with E-state index in [1.165, 1.54) is 19.3 Å². The van der Waals surface area contributed by atoms with Gasteiger partial charge < -0.3 is 4.74 Å². The molecule has 1 saturated carbocycles. The van der Waals surface area contributed by atoms with Gasteiger partial charge in [0.15, 0.2) is 0 Å². The minimum atomic E-state index is -0.291. The van der Waals surface area contributed by atoms with Gasteiger partial charge in [-0.25, -0.2) is 4.79 Å². The van der Waals surface area contributed by atoms with Crippen LogP contribution in [0.1, 0.15) is 42.5 Å². The van der Waals surface area contributed by atoms with Gasteiger partial charge in [-0.1, -0.05) is 44.0 Å². The molecular formula is C15H18O2. The van der Waals surface area contributed by atoms with Crippen LogP contribution in [0.2, 0.25) is 0 Å². The van der Waals surface area contributed by atoms with Gasteiger partial charge in [0.25, 0.3) is 0 Å². The first-order chi connectivity index (χ1) is 8.27. The third-order valence-electron chi connectivity index (χ3n) is 3.29. The zero-order valence-corrected chi connectivity index (χ0v) is 10.0. The molecule has 0 amide bonds. The zero-order valence-electron chi connectivity index (χ0n) is 10.0. The standard InChI is InChI=1S/C15H18O2/c1-12(13-8-4-2-5-9-13)17-15(16)14-10-6-3-7-11-14/h3,6-7,10-11,13H,1-2,4-5,8-9H2. The first kappa shape index (κ1) is 11.9. The van der Waals surface area contributed by atoms with Crippen molar-refractivity contribution in [1.82, 2.24) is 0 Å². The molecule has 1 fully saturated rings. The molecule has 2 rings (SSSR count). The number of carbonyl (C=O) groups is 1. The van der Waals surface area contributed by atoms with Gasteiger partial charge in [0, 0.05) is 5.92 Å². The second kappa shape index (κ2) is 5.67. The highest BCUT2D eigenvalue weighted by Crippen LogP contribution is 2.29. The van der Waals surface area contributed by atoms with Crippen LogP contribution in [0.4, 0.5) is 0 Å². The molecular weight excluding hydrogens is 212 g/mol. The van der Waals surface area contributed by atoms with E-state index in [9.17, 15) is 4.79 Å². The number of esters is 1. The molecule has 0 unspecified atom stereocenters. The van der Waals surface area contributed by atoms with Crippen LogP contribution < -0.4 is 0 Å². The number of rotatable bonds is 3. The van der Waals surface area contributed by atoms with Gasteiger partial charge in [-0.15, -0.1) is 0 Å². The summed E-state index contributed by atoms with van der Waals surface area (Å²) in [4.78, 5) is 11.8. The second-order valence-corrected chi connectivity index (χ2v) is 4.56. The molecule has 1 aromatic rings. The van der Waals surface area contributed by atoms with Crippen molar-refractivity contribution in [3.63, 3.8) is 0 Å². The smallest absolute Gasteiger partial charge is 0.343 e. The number of hydrogen-bond donors (Lipinski definition) is 0. The molecule has 90 valence electrons. The Morgan fingerprint density at radius 1 is 1.12 bits per heavy atom. The summed E-state index contributed by atoms with van der Waals surface area (Å²) in [6.45, 7) is 3.90. The lowest BCUT2D eigenvalue weighted by atomic mass is 9.88. The molecule has 0 aliphatic heterocycles. The number of benzene rings is 1. The van der Waals surface area contributed by atoms with Crippen molar-refractivity contribution in [2.75, 3.05) is 0 Å². The van der Waals surface area contributed by atoms with Gasteiger partial charge >= 0.3 is 5.97 Å². The normalized spacial score (nSPS) is 16.5. The topological polar surface area (TPSA) is 26.3 Å². The Morgan fingerprint density at radius 3 is 2.41 bits per heavy atom. The van der Waals surface area contributed by atoms with E-state index in [0.29, 0.717) is 17.2 Å². The van der Waals surface area contributed by atoms with Gasteiger partial charge in [0.05, 0.1) is 5.56 Å². The lowest BCUT2D eigenvalue weighted by Gasteiger charge is -2.22. The van der Waals surface area contributed by atoms with Crippen LogP contribution in [-0.2, 0) is 4.74 Å². The number of allylic oxidation sites excluding steroid dienone is 1. The molecule has 1 aliphatic rings. The van der Waals surface area contributed by atoms with Crippen LogP contribution in [0.15, 0.2) is 42.7 Å². The summed E-state index contributed by atoms with van der Waals surface area (Å²) in [6.07, 6.45) is 5.91. The van der Waals surface area contributed by atoms with Gasteiger partial charge in [-0.3, -0.25) is 0 Å². The SMILES string of the molecule is C=C(OC(=O)c1ccccc1)C1CCCCC1. The lowest BCUT2D eigenvalue weighted by Crippen LogP contribution is -2.14. The Hall–Kier alpha value is -1.57. The van der Waals surface area contributed by atoms with E-state index in [1.54, 1.807) is 12.1 Å². The molecule has 17 heavy (non-hydrogen) atoms. The highest BCUT2D eigenvalue weighted by molar-refractivity contribution is 5.89. The van der Waals surface area contributed by atoms with Gasteiger partial charge in [-0.05, 0) is 25.0 Å². The van der Waals surface area contributed by atoms with E-state index in [4.69, 9.17) is 4.74 Å². The molecule has 0 spiro atoms. The summed E-state index contributed by atoms with van der Waals surface area (Å²) in [5.41, 5.74) is 0.587. The highest BCUT2D eigenvalue weighted by atomic mass is 16.5. The maximum atomic E-state index is 11.8. The number of carbonyl (C=O) groups excluding carboxylic acids is 1. The molecule has 0 radical (unpaired) electrons. The van der Waals surface area contributed by atoms with Crippen molar-refractivity contribution in [3.05, 3.63) is 48.2 Å². The van der Waals surface area contributed by atoms with Crippen LogP contribution in [0.25, 0.3) is 0 Å². The molecule has 0 saturated heterocycles. The van der Waals surface area contributed by atoms with E-state index in [1.807, 2.05) is 18.2 Å². The first-order valence-corrected chi connectivity index (χ1v) is 6.23. The fourth-order valence-electron chi connectivity index (χ4n) is 2.26. The first-order valence-electron chi connectivity index (χ1n) is 6.23. The van der Waals surface area contributed by atoms with Gasteiger partial charge in [0.2, 0.25) is 0 Å². The van der Waals surface area contributed by atoms with Crippen LogP contribution in [-0.4, -0.2) is 5.97 Å². The van der Waals surface area contributed by atoms with Crippen LogP contribution in [0, 0.1) is 5.92 Å².